The molecule has 0 fully saturated rings. The van der Waals surface area contributed by atoms with Crippen molar-refractivity contribution >= 4 is 109 Å². The van der Waals surface area contributed by atoms with Crippen LogP contribution in [-0.4, -0.2) is 42.5 Å². The molecule has 0 aliphatic carbocycles. The van der Waals surface area contributed by atoms with Crippen molar-refractivity contribution in [1.82, 2.24) is 19.5 Å². The minimum absolute atomic E-state index is 0.00428. The molecule has 17 rings (SSSR count). The van der Waals surface area contributed by atoms with Gasteiger partial charge < -0.3 is 4.81 Å². The minimum Gasteiger partial charge on any atom is -0.345 e. The second-order valence-corrected chi connectivity index (χ2v) is 31.7. The molecule has 0 bridgehead atoms. The predicted octanol–water partition coefficient (Wildman–Crippen LogP) is 13.6. The van der Waals surface area contributed by atoms with E-state index < -0.39 is 23.0 Å². The summed E-state index contributed by atoms with van der Waals surface area (Å²) in [4.78, 5) is 19.8. The third kappa shape index (κ3) is 9.80. The first-order valence-corrected chi connectivity index (χ1v) is 36.4. The average molecular weight is 1250 g/mol. The Morgan fingerprint density at radius 3 is 1.16 bits per heavy atom. The van der Waals surface area contributed by atoms with Gasteiger partial charge in [-0.3, -0.25) is 4.57 Å². The van der Waals surface area contributed by atoms with Crippen molar-refractivity contribution in [2.24, 2.45) is 0 Å². The van der Waals surface area contributed by atoms with E-state index in [1.807, 2.05) is 54.6 Å². The van der Waals surface area contributed by atoms with Crippen molar-refractivity contribution in [3.8, 4) is 50.7 Å². The molecule has 0 N–H and O–H groups in total. The summed E-state index contributed by atoms with van der Waals surface area (Å²) in [7, 11) is -8.13. The Hall–Kier alpha value is -11.8. The van der Waals surface area contributed by atoms with Crippen LogP contribution in [0.4, 0.5) is 11.6 Å². The number of rotatable bonds is 14. The summed E-state index contributed by atoms with van der Waals surface area (Å²) in [5.74, 6) is 0.782. The molecule has 14 aromatic carbocycles. The maximum absolute atomic E-state index is 12.0. The van der Waals surface area contributed by atoms with Crippen LogP contribution in [0.1, 0.15) is 4.11 Å². The number of fused-ring (bicyclic) bond motifs is 6. The van der Waals surface area contributed by atoms with Crippen LogP contribution in [0, 0.1) is 0 Å². The van der Waals surface area contributed by atoms with Gasteiger partial charge in [0.2, 0.25) is 11.9 Å². The average Bonchev–Trinajstić information content (AvgIpc) is 0.791. The van der Waals surface area contributed by atoms with Gasteiger partial charge in [0.1, 0.15) is 0 Å². The molecule has 2 aromatic heterocycles. The maximum atomic E-state index is 12.0. The smallest absolute Gasteiger partial charge is 0.331 e. The first-order chi connectivity index (χ1) is 48.4. The largest absolute Gasteiger partial charge is 0.345 e. The van der Waals surface area contributed by atoms with Crippen LogP contribution in [0.2, 0.25) is 0 Å². The highest BCUT2D eigenvalue weighted by molar-refractivity contribution is 7.22. The Morgan fingerprint density at radius 2 is 0.663 bits per heavy atom. The molecule has 0 radical (unpaired) electrons. The molecule has 0 spiro atoms. The molecule has 446 valence electrons. The number of anilines is 2. The number of aromatic nitrogens is 4. The summed E-state index contributed by atoms with van der Waals surface area (Å²) in [6, 6.07) is 126. The van der Waals surface area contributed by atoms with E-state index in [1.165, 1.54) is 0 Å². The Balaban J connectivity index is 1.09. The highest BCUT2D eigenvalue weighted by atomic mass is 28.3. The summed E-state index contributed by atoms with van der Waals surface area (Å²) < 4.78 is 37.8. The number of benzene rings is 14. The molecular formula is C87H62BN5Si2. The molecule has 3 heterocycles. The van der Waals surface area contributed by atoms with Gasteiger partial charge in [-0.1, -0.05) is 363 Å². The third-order valence-corrected chi connectivity index (χ3v) is 28.2. The van der Waals surface area contributed by atoms with Crippen LogP contribution in [0.5, 0.6) is 0 Å². The van der Waals surface area contributed by atoms with E-state index in [-0.39, 0.29) is 29.5 Å². The Morgan fingerprint density at radius 1 is 0.284 bits per heavy atom. The van der Waals surface area contributed by atoms with Crippen LogP contribution in [0.25, 0.3) is 72.5 Å². The van der Waals surface area contributed by atoms with Gasteiger partial charge >= 0.3 is 6.85 Å². The lowest BCUT2D eigenvalue weighted by molar-refractivity contribution is 0.940. The Bertz CT molecular complexity index is 5310. The zero-order valence-electron chi connectivity index (χ0n) is 54.9. The summed E-state index contributed by atoms with van der Waals surface area (Å²) in [5.41, 5.74) is 11.2. The second-order valence-electron chi connectivity index (χ2n) is 24.3. The van der Waals surface area contributed by atoms with Gasteiger partial charge in [-0.15, -0.1) is 0 Å². The lowest BCUT2D eigenvalue weighted by atomic mass is 9.46. The number of nitrogens with zero attached hydrogens (tertiary/aromatic N) is 5. The van der Waals surface area contributed by atoms with Crippen molar-refractivity contribution in [1.29, 1.82) is 0 Å². The van der Waals surface area contributed by atoms with Gasteiger partial charge in [0, 0.05) is 27.6 Å². The van der Waals surface area contributed by atoms with Crippen molar-refractivity contribution in [3.63, 3.8) is 0 Å². The molecule has 0 atom stereocenters. The van der Waals surface area contributed by atoms with Gasteiger partial charge in [0.25, 0.3) is 0 Å². The van der Waals surface area contributed by atoms with Gasteiger partial charge in [-0.2, -0.15) is 15.0 Å². The van der Waals surface area contributed by atoms with Crippen molar-refractivity contribution in [2.45, 2.75) is 0 Å². The number of hydrogen-bond donors (Lipinski definition) is 0. The van der Waals surface area contributed by atoms with Crippen molar-refractivity contribution < 1.29 is 4.11 Å². The van der Waals surface area contributed by atoms with E-state index >= 15 is 0 Å². The highest BCUT2D eigenvalue weighted by Gasteiger charge is 2.47. The number of hydrogen-bond acceptors (Lipinski definition) is 4. The number of para-hydroxylation sites is 3. The summed E-state index contributed by atoms with van der Waals surface area (Å²) >= 11 is 0. The Labute approximate surface area is 560 Å². The van der Waals surface area contributed by atoms with E-state index in [1.54, 1.807) is 0 Å². The molecule has 8 heteroatoms. The lowest BCUT2D eigenvalue weighted by Gasteiger charge is -2.39. The summed E-state index contributed by atoms with van der Waals surface area (Å²) in [6.07, 6.45) is 0. The van der Waals surface area contributed by atoms with E-state index in [2.05, 4.69) is 313 Å². The molecule has 1 aliphatic rings. The predicted molar refractivity (Wildman–Crippen MR) is 403 cm³/mol. The minimum atomic E-state index is -4.07. The molecule has 1 aliphatic heterocycles. The van der Waals surface area contributed by atoms with E-state index in [0.29, 0.717) is 22.3 Å². The van der Waals surface area contributed by atoms with Crippen LogP contribution in [-0.2, 0) is 0 Å². The fourth-order valence-electron chi connectivity index (χ4n) is 14.9. The first-order valence-electron chi connectivity index (χ1n) is 33.9. The van der Waals surface area contributed by atoms with Gasteiger partial charge in [-0.05, 0) is 93.0 Å². The molecule has 0 unspecified atom stereocenters. The van der Waals surface area contributed by atoms with Crippen LogP contribution in [0.15, 0.2) is 376 Å². The molecule has 0 amide bonds. The van der Waals surface area contributed by atoms with Gasteiger partial charge in [-0.25, -0.2) is 0 Å². The molecule has 16 aromatic rings. The standard InChI is InChI=1S/C87H62BN5Si2/c1-8-32-63(33-9-1)65-36-30-48-73(58-65)94(69-40-14-4-15-41-69,70-42-16-5-17-43-70)75-60-67(61-76(62-75)95(71-44-18-6-19-45-71,72-46-20-7-21-47-72)74-49-31-37-66(59-74)64-34-10-2-11-35-64)85-89-86(92-82-55-27-23-52-79(82)80-53-24-28-56-83(80)92)91-87(90-85)93-84-57-29-25-51-78(84)77-50-22-26-54-81(77)88(93)68-38-12-3-13-39-68/h1-62H/i60D,61D,62D. The molecule has 95 heavy (non-hydrogen) atoms. The first kappa shape index (κ1) is 53.8. The van der Waals surface area contributed by atoms with Crippen LogP contribution >= 0.6 is 0 Å². The van der Waals surface area contributed by atoms with Crippen molar-refractivity contribution in [3.05, 3.63) is 376 Å². The third-order valence-electron chi connectivity index (χ3n) is 19.0. The quantitative estimate of drug-likeness (QED) is 0.0804. The maximum Gasteiger partial charge on any atom is 0.331 e. The normalized spacial score (nSPS) is 12.6. The summed E-state index contributed by atoms with van der Waals surface area (Å²) in [6.45, 7) is -0.447. The van der Waals surface area contributed by atoms with Gasteiger partial charge in [0.15, 0.2) is 22.0 Å². The fourth-order valence-corrected chi connectivity index (χ4v) is 24.2. The van der Waals surface area contributed by atoms with Crippen LogP contribution < -0.4 is 57.2 Å². The highest BCUT2D eigenvalue weighted by Crippen LogP contribution is 2.40. The SMILES string of the molecule is [2H]c1c(-c2nc(N3B(c4ccccc4)c4ccccc4-c4ccccc43)nc(-n3c4ccccc4c4ccccc43)n2)c([2H])c([Si](c2ccccc2)(c2ccccc2)c2cccc(-c3ccccc3)c2)c([2H])c1[Si](c1ccccc1)(c1ccccc1)c1cccc(-c2ccccc2)c1. The second kappa shape index (κ2) is 24.3. The lowest BCUT2D eigenvalue weighted by Crippen LogP contribution is -2.78. The summed E-state index contributed by atoms with van der Waals surface area (Å²) in [5, 5.41) is 8.93. The zero-order valence-corrected chi connectivity index (χ0v) is 53.9. The molecule has 0 saturated carbocycles. The topological polar surface area (TPSA) is 46.8 Å². The molecular weight excluding hydrogens is 1180 g/mol. The monoisotopic (exact) mass is 1250 g/mol. The van der Waals surface area contributed by atoms with E-state index in [9.17, 15) is 4.11 Å². The van der Waals surface area contributed by atoms with Crippen LogP contribution in [0.3, 0.4) is 0 Å². The molecule has 5 nitrogen and oxygen atoms in total. The fraction of sp³-hybridized carbons (Fsp3) is 0. The van der Waals surface area contributed by atoms with Crippen molar-refractivity contribution in [2.75, 3.05) is 4.81 Å². The van der Waals surface area contributed by atoms with Gasteiger partial charge in [0.05, 0.1) is 15.1 Å². The zero-order chi connectivity index (χ0) is 65.7. The molecule has 0 saturated heterocycles. The Kier molecular flexibility index (Phi) is 13.8. The van der Waals surface area contributed by atoms with E-state index in [4.69, 9.17) is 15.0 Å². The van der Waals surface area contributed by atoms with E-state index in [0.717, 1.165) is 103 Å².